The van der Waals surface area contributed by atoms with Crippen LogP contribution in [-0.4, -0.2) is 13.2 Å². The van der Waals surface area contributed by atoms with Gasteiger partial charge in [-0.05, 0) is 11.8 Å². The van der Waals surface area contributed by atoms with E-state index in [1.807, 2.05) is 0 Å². The maximum Gasteiger partial charge on any atom is 0.0489 e. The van der Waals surface area contributed by atoms with E-state index in [1.54, 1.807) is 0 Å². The number of rotatable bonds is 4. The highest BCUT2D eigenvalue weighted by Gasteiger charge is 1.95. The highest BCUT2D eigenvalue weighted by atomic mass is 16.5. The van der Waals surface area contributed by atoms with Gasteiger partial charge in [-0.15, -0.1) is 0 Å². The second-order valence-electron chi connectivity index (χ2n) is 3.33. The first-order valence-corrected chi connectivity index (χ1v) is 3.70. The van der Waals surface area contributed by atoms with Gasteiger partial charge in [-0.3, -0.25) is 0 Å². The van der Waals surface area contributed by atoms with E-state index in [-0.39, 0.29) is 14.9 Å². The van der Waals surface area contributed by atoms with Crippen LogP contribution < -0.4 is 0 Å². The van der Waals surface area contributed by atoms with Crippen molar-refractivity contribution >= 4 is 0 Å². The van der Waals surface area contributed by atoms with Gasteiger partial charge < -0.3 is 4.74 Å². The summed E-state index contributed by atoms with van der Waals surface area (Å²) in [5.41, 5.74) is 0. The largest absolute Gasteiger partial charge is 0.381 e. The molecule has 72 valence electrons. The van der Waals surface area contributed by atoms with E-state index >= 15 is 0 Å². The van der Waals surface area contributed by atoms with Crippen molar-refractivity contribution in [3.63, 3.8) is 0 Å². The summed E-state index contributed by atoms with van der Waals surface area (Å²) in [6, 6.07) is 0. The fraction of sp³-hybridized carbons (Fsp3) is 1.00. The number of hydrogen-bond acceptors (Lipinski definition) is 1. The Morgan fingerprint density at radius 3 is 1.27 bits per heavy atom. The van der Waals surface area contributed by atoms with E-state index in [2.05, 4.69) is 27.7 Å². The van der Waals surface area contributed by atoms with Crippen LogP contribution in [0.15, 0.2) is 0 Å². The maximum atomic E-state index is 5.36. The van der Waals surface area contributed by atoms with Crippen molar-refractivity contribution in [2.45, 2.75) is 42.5 Å². The molecule has 0 rings (SSSR count). The predicted molar refractivity (Wildman–Crippen MR) is 54.0 cm³/mol. The van der Waals surface area contributed by atoms with Gasteiger partial charge in [0.25, 0.3) is 0 Å². The first-order valence-electron chi connectivity index (χ1n) is 3.70. The average Bonchev–Trinajstić information content (AvgIpc) is 1.63. The lowest BCUT2D eigenvalue weighted by atomic mass is 10.2. The third-order valence-corrected chi connectivity index (χ3v) is 0.902. The Morgan fingerprint density at radius 1 is 0.818 bits per heavy atom. The normalized spacial score (nSPS) is 9.27. The van der Waals surface area contributed by atoms with Crippen LogP contribution in [0.2, 0.25) is 0 Å². The fourth-order valence-corrected chi connectivity index (χ4v) is 0.539. The zero-order chi connectivity index (χ0) is 7.28. The van der Waals surface area contributed by atoms with E-state index in [0.717, 1.165) is 13.2 Å². The quantitative estimate of drug-likeness (QED) is 0.614. The molecular weight excluding hydrogens is 136 g/mol. The Kier molecular flexibility index (Phi) is 15.5. The van der Waals surface area contributed by atoms with Crippen LogP contribution in [0.3, 0.4) is 0 Å². The minimum atomic E-state index is 0. The molecule has 1 heteroatoms. The highest BCUT2D eigenvalue weighted by molar-refractivity contribution is 4.42. The summed E-state index contributed by atoms with van der Waals surface area (Å²) in [7, 11) is 0. The van der Waals surface area contributed by atoms with Crippen LogP contribution in [0.4, 0.5) is 0 Å². The van der Waals surface area contributed by atoms with Gasteiger partial charge in [0.2, 0.25) is 0 Å². The lowest BCUT2D eigenvalue weighted by molar-refractivity contribution is 0.0886. The minimum Gasteiger partial charge on any atom is -0.381 e. The maximum absolute atomic E-state index is 5.36. The van der Waals surface area contributed by atoms with Gasteiger partial charge >= 0.3 is 0 Å². The van der Waals surface area contributed by atoms with Crippen LogP contribution >= 0.6 is 0 Å². The van der Waals surface area contributed by atoms with Crippen LogP contribution in [-0.2, 0) is 4.74 Å². The molecule has 0 bridgehead atoms. The third kappa shape index (κ3) is 17.8. The highest BCUT2D eigenvalue weighted by Crippen LogP contribution is 1.96. The van der Waals surface area contributed by atoms with Gasteiger partial charge in [0.05, 0.1) is 0 Å². The van der Waals surface area contributed by atoms with Crippen LogP contribution in [0.1, 0.15) is 42.5 Å². The zero-order valence-electron chi connectivity index (χ0n) is 6.98. The Balaban J connectivity index is -0.000000320. The van der Waals surface area contributed by atoms with Crippen molar-refractivity contribution in [3.05, 3.63) is 0 Å². The summed E-state index contributed by atoms with van der Waals surface area (Å²) in [6.45, 7) is 10.5. The first-order chi connectivity index (χ1) is 4.13. The lowest BCUT2D eigenvalue weighted by Gasteiger charge is -2.07. The molecular formula is C10H26O. The molecule has 0 unspecified atom stereocenters. The molecule has 0 aromatic carbocycles. The SMILES string of the molecule is C.C.CC(C)COCC(C)C. The van der Waals surface area contributed by atoms with Crippen molar-refractivity contribution < 1.29 is 4.74 Å². The fourth-order valence-electron chi connectivity index (χ4n) is 0.539. The van der Waals surface area contributed by atoms with Crippen LogP contribution in [0, 0.1) is 11.8 Å². The zero-order valence-corrected chi connectivity index (χ0v) is 6.98. The van der Waals surface area contributed by atoms with Crippen molar-refractivity contribution in [3.8, 4) is 0 Å². The van der Waals surface area contributed by atoms with Crippen molar-refractivity contribution in [2.24, 2.45) is 11.8 Å². The van der Waals surface area contributed by atoms with E-state index < -0.39 is 0 Å². The van der Waals surface area contributed by atoms with Crippen LogP contribution in [0.5, 0.6) is 0 Å². The van der Waals surface area contributed by atoms with E-state index in [0.29, 0.717) is 11.8 Å². The molecule has 0 aliphatic heterocycles. The molecule has 11 heavy (non-hydrogen) atoms. The molecule has 0 N–H and O–H groups in total. The van der Waals surface area contributed by atoms with Gasteiger partial charge in [-0.2, -0.15) is 0 Å². The summed E-state index contributed by atoms with van der Waals surface area (Å²) < 4.78 is 5.36. The average molecular weight is 162 g/mol. The summed E-state index contributed by atoms with van der Waals surface area (Å²) in [5.74, 6) is 1.34. The minimum absolute atomic E-state index is 0. The monoisotopic (exact) mass is 162 g/mol. The molecule has 0 radical (unpaired) electrons. The van der Waals surface area contributed by atoms with Gasteiger partial charge in [-0.25, -0.2) is 0 Å². The van der Waals surface area contributed by atoms with Gasteiger partial charge in [0, 0.05) is 13.2 Å². The van der Waals surface area contributed by atoms with Gasteiger partial charge in [0.15, 0.2) is 0 Å². The van der Waals surface area contributed by atoms with E-state index in [4.69, 9.17) is 4.74 Å². The van der Waals surface area contributed by atoms with Crippen molar-refractivity contribution in [2.75, 3.05) is 13.2 Å². The molecule has 0 spiro atoms. The molecule has 0 saturated heterocycles. The Bertz CT molecular complexity index is 49.9. The van der Waals surface area contributed by atoms with Crippen molar-refractivity contribution in [1.29, 1.82) is 0 Å². The third-order valence-electron chi connectivity index (χ3n) is 0.902. The van der Waals surface area contributed by atoms with Crippen LogP contribution in [0.25, 0.3) is 0 Å². The lowest BCUT2D eigenvalue weighted by Crippen LogP contribution is -2.06. The molecule has 1 nitrogen and oxygen atoms in total. The van der Waals surface area contributed by atoms with Gasteiger partial charge in [-0.1, -0.05) is 42.5 Å². The molecule has 0 heterocycles. The molecule has 0 aromatic rings. The number of hydrogen-bond donors (Lipinski definition) is 0. The molecule has 0 aromatic heterocycles. The smallest absolute Gasteiger partial charge is 0.0489 e. The van der Waals surface area contributed by atoms with E-state index in [1.165, 1.54) is 0 Å². The number of ether oxygens (including phenoxy) is 1. The summed E-state index contributed by atoms with van der Waals surface area (Å²) in [6.07, 6.45) is 0. The second kappa shape index (κ2) is 9.96. The summed E-state index contributed by atoms with van der Waals surface area (Å²) in [5, 5.41) is 0. The molecule has 0 aliphatic carbocycles. The molecule has 0 amide bonds. The second-order valence-corrected chi connectivity index (χ2v) is 3.33. The molecule has 0 fully saturated rings. The Morgan fingerprint density at radius 2 is 1.09 bits per heavy atom. The van der Waals surface area contributed by atoms with Crippen molar-refractivity contribution in [1.82, 2.24) is 0 Å². The standard InChI is InChI=1S/C8H18O.2CH4/c1-7(2)5-9-6-8(3)4;;/h7-8H,5-6H2,1-4H3;2*1H4. The molecule has 0 saturated carbocycles. The molecule has 0 aliphatic rings. The Labute approximate surface area is 73.1 Å². The predicted octanol–water partition coefficient (Wildman–Crippen LogP) is 3.59. The topological polar surface area (TPSA) is 9.23 Å². The first kappa shape index (κ1) is 17.2. The van der Waals surface area contributed by atoms with Gasteiger partial charge in [0.1, 0.15) is 0 Å². The summed E-state index contributed by atoms with van der Waals surface area (Å²) in [4.78, 5) is 0. The van der Waals surface area contributed by atoms with E-state index in [9.17, 15) is 0 Å². The Hall–Kier alpha value is -0.0400. The summed E-state index contributed by atoms with van der Waals surface area (Å²) >= 11 is 0. The molecule has 0 atom stereocenters.